The summed E-state index contributed by atoms with van der Waals surface area (Å²) in [5, 5.41) is 20.2. The molecule has 0 radical (unpaired) electrons. The maximum Gasteiger partial charge on any atom is 0.233 e. The quantitative estimate of drug-likeness (QED) is 0.564. The number of hydrogen-bond acceptors (Lipinski definition) is 3. The van der Waals surface area contributed by atoms with Gasteiger partial charge >= 0.3 is 0 Å². The summed E-state index contributed by atoms with van der Waals surface area (Å²) in [5.41, 5.74) is 3.49. The first-order chi connectivity index (χ1) is 14.4. The van der Waals surface area contributed by atoms with Gasteiger partial charge in [0.1, 0.15) is 11.6 Å². The van der Waals surface area contributed by atoms with Gasteiger partial charge in [0.25, 0.3) is 0 Å². The number of amides is 1. The number of β-lactam (4-membered cyclic amide) rings is 1. The van der Waals surface area contributed by atoms with Gasteiger partial charge in [-0.2, -0.15) is 0 Å². The highest BCUT2D eigenvalue weighted by atomic mass is 19.1. The van der Waals surface area contributed by atoms with Gasteiger partial charge in [0.15, 0.2) is 0 Å². The van der Waals surface area contributed by atoms with E-state index in [4.69, 9.17) is 0 Å². The Bertz CT molecular complexity index is 1020. The smallest absolute Gasteiger partial charge is 0.233 e. The summed E-state index contributed by atoms with van der Waals surface area (Å²) in [6, 6.07) is 20.2. The number of aryl methyl sites for hydroxylation is 1. The van der Waals surface area contributed by atoms with E-state index < -0.39 is 6.10 Å². The predicted octanol–water partition coefficient (Wildman–Crippen LogP) is 5.06. The predicted molar refractivity (Wildman–Crippen MR) is 114 cm³/mol. The molecule has 5 heteroatoms. The monoisotopic (exact) mass is 405 g/mol. The lowest BCUT2D eigenvalue weighted by Gasteiger charge is -2.48. The minimum atomic E-state index is -0.640. The summed E-state index contributed by atoms with van der Waals surface area (Å²) < 4.78 is 13.3. The number of carbonyl (C=O) groups excluding carboxylic acids is 1. The van der Waals surface area contributed by atoms with Gasteiger partial charge in [-0.25, -0.2) is 4.39 Å². The lowest BCUT2D eigenvalue weighted by molar-refractivity contribution is -0.131. The number of benzene rings is 3. The van der Waals surface area contributed by atoms with Crippen LogP contribution in [0.15, 0.2) is 72.8 Å². The first kappa shape index (κ1) is 20.1. The van der Waals surface area contributed by atoms with Crippen LogP contribution in [0.2, 0.25) is 0 Å². The van der Waals surface area contributed by atoms with Crippen LogP contribution >= 0.6 is 0 Å². The number of carbonyl (C=O) groups is 1. The van der Waals surface area contributed by atoms with Gasteiger partial charge in [0.2, 0.25) is 5.91 Å². The molecular formula is C25H24FNO3. The zero-order valence-corrected chi connectivity index (χ0v) is 16.7. The van der Waals surface area contributed by atoms with Crippen molar-refractivity contribution in [3.63, 3.8) is 0 Å². The molecule has 3 atom stereocenters. The summed E-state index contributed by atoms with van der Waals surface area (Å²) in [4.78, 5) is 14.7. The maximum absolute atomic E-state index is 13.3. The van der Waals surface area contributed by atoms with Gasteiger partial charge in [-0.3, -0.25) is 4.79 Å². The molecule has 1 heterocycles. The highest BCUT2D eigenvalue weighted by molar-refractivity contribution is 6.03. The van der Waals surface area contributed by atoms with Gasteiger partial charge in [0, 0.05) is 5.69 Å². The molecule has 1 aliphatic heterocycles. The van der Waals surface area contributed by atoms with Crippen LogP contribution in [0, 0.1) is 18.7 Å². The van der Waals surface area contributed by atoms with E-state index in [9.17, 15) is 19.4 Å². The number of nitrogens with zero attached hydrogens (tertiary/aromatic N) is 1. The molecular weight excluding hydrogens is 381 g/mol. The molecule has 3 aromatic rings. The summed E-state index contributed by atoms with van der Waals surface area (Å²) in [5.74, 6) is -0.537. The Morgan fingerprint density at radius 1 is 0.967 bits per heavy atom. The number of phenolic OH excluding ortho intramolecular Hbond substituents is 1. The lowest BCUT2D eigenvalue weighted by atomic mass is 9.78. The number of anilines is 1. The molecule has 1 fully saturated rings. The molecule has 4 nitrogen and oxygen atoms in total. The standard InChI is InChI=1S/C25H24FNO3/c1-16-2-4-17(5-3-16)23(29)15-14-22-24(18-6-12-21(28)13-7-18)27(25(22)30)20-10-8-19(26)9-11-20/h2-13,22-24,28-29H,14-15H2,1H3/t22-,23+,24?/m1/s1. The van der Waals surface area contributed by atoms with Crippen molar-refractivity contribution in [3.8, 4) is 5.75 Å². The second-order valence-electron chi connectivity index (χ2n) is 7.83. The second kappa shape index (κ2) is 8.28. The molecule has 0 aromatic heterocycles. The van der Waals surface area contributed by atoms with Crippen LogP contribution in [0.25, 0.3) is 0 Å². The molecule has 3 aromatic carbocycles. The van der Waals surface area contributed by atoms with Crippen molar-refractivity contribution in [3.05, 3.63) is 95.3 Å². The van der Waals surface area contributed by atoms with Gasteiger partial charge < -0.3 is 15.1 Å². The van der Waals surface area contributed by atoms with Gasteiger partial charge in [-0.1, -0.05) is 42.0 Å². The Morgan fingerprint density at radius 2 is 1.60 bits per heavy atom. The number of phenols is 1. The first-order valence-corrected chi connectivity index (χ1v) is 10.1. The van der Waals surface area contributed by atoms with Gasteiger partial charge in [-0.15, -0.1) is 0 Å². The Kier molecular flexibility index (Phi) is 5.55. The molecule has 30 heavy (non-hydrogen) atoms. The minimum absolute atomic E-state index is 0.0456. The van der Waals surface area contributed by atoms with Crippen molar-refractivity contribution >= 4 is 11.6 Å². The zero-order valence-electron chi connectivity index (χ0n) is 16.7. The Morgan fingerprint density at radius 3 is 2.23 bits per heavy atom. The van der Waals surface area contributed by atoms with E-state index in [0.717, 1.165) is 16.7 Å². The highest BCUT2D eigenvalue weighted by Crippen LogP contribution is 2.46. The van der Waals surface area contributed by atoms with E-state index in [0.29, 0.717) is 18.5 Å². The number of aromatic hydroxyl groups is 1. The molecule has 1 unspecified atom stereocenters. The number of hydrogen-bond donors (Lipinski definition) is 2. The normalized spacial score (nSPS) is 19.4. The summed E-state index contributed by atoms with van der Waals surface area (Å²) >= 11 is 0. The Balaban J connectivity index is 1.55. The molecule has 2 N–H and O–H groups in total. The molecule has 1 aliphatic rings. The summed E-state index contributed by atoms with van der Waals surface area (Å²) in [7, 11) is 0. The topological polar surface area (TPSA) is 60.8 Å². The number of halogens is 1. The van der Waals surface area contributed by atoms with E-state index in [1.807, 2.05) is 31.2 Å². The molecule has 1 amide bonds. The van der Waals surface area contributed by atoms with Crippen molar-refractivity contribution in [2.24, 2.45) is 5.92 Å². The Labute approximate surface area is 175 Å². The Hall–Kier alpha value is -3.18. The first-order valence-electron chi connectivity index (χ1n) is 10.1. The third kappa shape index (κ3) is 3.94. The van der Waals surface area contributed by atoms with Crippen molar-refractivity contribution in [1.82, 2.24) is 0 Å². The minimum Gasteiger partial charge on any atom is -0.508 e. The van der Waals surface area contributed by atoms with Crippen molar-refractivity contribution in [2.45, 2.75) is 31.9 Å². The van der Waals surface area contributed by atoms with E-state index in [1.54, 1.807) is 41.3 Å². The van der Waals surface area contributed by atoms with Gasteiger partial charge in [-0.05, 0) is 67.3 Å². The number of aliphatic hydroxyl groups is 1. The van der Waals surface area contributed by atoms with Crippen LogP contribution in [0.1, 0.15) is 41.7 Å². The second-order valence-corrected chi connectivity index (χ2v) is 7.83. The molecule has 0 aliphatic carbocycles. The van der Waals surface area contributed by atoms with Crippen molar-refractivity contribution < 1.29 is 19.4 Å². The van der Waals surface area contributed by atoms with Crippen LogP contribution in [0.3, 0.4) is 0 Å². The van der Waals surface area contributed by atoms with E-state index in [2.05, 4.69) is 0 Å². The number of rotatable bonds is 6. The molecule has 154 valence electrons. The fraction of sp³-hybridized carbons (Fsp3) is 0.240. The fourth-order valence-electron chi connectivity index (χ4n) is 4.07. The third-order valence-electron chi connectivity index (χ3n) is 5.77. The van der Waals surface area contributed by atoms with Crippen molar-refractivity contribution in [1.29, 1.82) is 0 Å². The average molecular weight is 405 g/mol. The van der Waals surface area contributed by atoms with Crippen LogP contribution in [0.5, 0.6) is 5.75 Å². The lowest BCUT2D eigenvalue weighted by Crippen LogP contribution is -2.55. The van der Waals surface area contributed by atoms with Crippen LogP contribution in [0.4, 0.5) is 10.1 Å². The maximum atomic E-state index is 13.3. The SMILES string of the molecule is Cc1ccc([C@@H](O)CC[C@H]2C(=O)N(c3ccc(F)cc3)C2c2ccc(O)cc2)cc1. The molecule has 0 bridgehead atoms. The zero-order chi connectivity index (χ0) is 21.3. The van der Waals surface area contributed by atoms with Crippen LogP contribution in [-0.2, 0) is 4.79 Å². The van der Waals surface area contributed by atoms with E-state index in [1.165, 1.54) is 12.1 Å². The average Bonchev–Trinajstić information content (AvgIpc) is 2.74. The molecule has 0 spiro atoms. The number of aliphatic hydroxyl groups excluding tert-OH is 1. The van der Waals surface area contributed by atoms with Crippen LogP contribution in [-0.4, -0.2) is 16.1 Å². The highest BCUT2D eigenvalue weighted by Gasteiger charge is 2.48. The molecule has 0 saturated carbocycles. The molecule has 4 rings (SSSR count). The largest absolute Gasteiger partial charge is 0.508 e. The van der Waals surface area contributed by atoms with Crippen LogP contribution < -0.4 is 4.90 Å². The van der Waals surface area contributed by atoms with Gasteiger partial charge in [0.05, 0.1) is 18.1 Å². The van der Waals surface area contributed by atoms with E-state index >= 15 is 0 Å². The third-order valence-corrected chi connectivity index (χ3v) is 5.77. The summed E-state index contributed by atoms with van der Waals surface area (Å²) in [6.07, 6.45) is 0.348. The summed E-state index contributed by atoms with van der Waals surface area (Å²) in [6.45, 7) is 2.00. The van der Waals surface area contributed by atoms with Crippen molar-refractivity contribution in [2.75, 3.05) is 4.90 Å². The molecule has 1 saturated heterocycles. The van der Waals surface area contributed by atoms with E-state index in [-0.39, 0.29) is 29.4 Å². The fourth-order valence-corrected chi connectivity index (χ4v) is 4.07.